The van der Waals surface area contributed by atoms with Crippen LogP contribution in [0.5, 0.6) is 5.75 Å². The molecular formula is C16H22N2O3. The van der Waals surface area contributed by atoms with E-state index in [1.54, 1.807) is 24.1 Å². The van der Waals surface area contributed by atoms with Gasteiger partial charge in [0, 0.05) is 24.2 Å². The first-order valence-electron chi connectivity index (χ1n) is 7.36. The van der Waals surface area contributed by atoms with Gasteiger partial charge >= 0.3 is 0 Å². The molecule has 0 saturated heterocycles. The second-order valence-electron chi connectivity index (χ2n) is 5.26. The highest BCUT2D eigenvalue weighted by atomic mass is 16.5. The highest BCUT2D eigenvalue weighted by Crippen LogP contribution is 2.28. The number of hydrogen-bond acceptors (Lipinski definition) is 3. The Labute approximate surface area is 125 Å². The Morgan fingerprint density at radius 3 is 2.71 bits per heavy atom. The van der Waals surface area contributed by atoms with Crippen molar-refractivity contribution in [2.75, 3.05) is 25.5 Å². The smallest absolute Gasteiger partial charge is 0.243 e. The molecule has 0 bridgehead atoms. The summed E-state index contributed by atoms with van der Waals surface area (Å²) in [6.07, 6.45) is 3.02. The molecular weight excluding hydrogens is 268 g/mol. The third-order valence-electron chi connectivity index (χ3n) is 3.84. The second kappa shape index (κ2) is 7.11. The lowest BCUT2D eigenvalue weighted by molar-refractivity contribution is -0.140. The molecule has 1 aliphatic rings. The van der Waals surface area contributed by atoms with Crippen LogP contribution in [0.2, 0.25) is 0 Å². The molecule has 0 atom stereocenters. The van der Waals surface area contributed by atoms with Gasteiger partial charge in [0.15, 0.2) is 0 Å². The van der Waals surface area contributed by atoms with Crippen molar-refractivity contribution < 1.29 is 14.3 Å². The van der Waals surface area contributed by atoms with Gasteiger partial charge in [-0.3, -0.25) is 9.59 Å². The fourth-order valence-electron chi connectivity index (χ4n) is 2.33. The maximum absolute atomic E-state index is 12.2. The van der Waals surface area contributed by atoms with Gasteiger partial charge in [-0.1, -0.05) is 12.5 Å². The van der Waals surface area contributed by atoms with E-state index in [-0.39, 0.29) is 24.3 Å². The minimum Gasteiger partial charge on any atom is -0.497 e. The Kier molecular flexibility index (Phi) is 5.20. The highest BCUT2D eigenvalue weighted by Gasteiger charge is 2.29. The first-order valence-corrected chi connectivity index (χ1v) is 7.36. The van der Waals surface area contributed by atoms with Crippen molar-refractivity contribution in [1.82, 2.24) is 4.90 Å². The van der Waals surface area contributed by atoms with Gasteiger partial charge in [-0.25, -0.2) is 0 Å². The van der Waals surface area contributed by atoms with Crippen molar-refractivity contribution >= 4 is 17.5 Å². The molecule has 1 aromatic rings. The number of amides is 2. The van der Waals surface area contributed by atoms with E-state index in [0.29, 0.717) is 18.0 Å². The maximum atomic E-state index is 12.2. The minimum atomic E-state index is -0.183. The quantitative estimate of drug-likeness (QED) is 0.874. The summed E-state index contributed by atoms with van der Waals surface area (Å²) in [4.78, 5) is 25.9. The molecule has 2 amide bonds. The van der Waals surface area contributed by atoms with Crippen molar-refractivity contribution in [1.29, 1.82) is 0 Å². The zero-order chi connectivity index (χ0) is 15.2. The van der Waals surface area contributed by atoms with Crippen LogP contribution in [0.1, 0.15) is 26.2 Å². The molecule has 0 aromatic heterocycles. The van der Waals surface area contributed by atoms with Crippen LogP contribution in [0.4, 0.5) is 5.69 Å². The van der Waals surface area contributed by atoms with Gasteiger partial charge in [0.25, 0.3) is 0 Å². The Morgan fingerprint density at radius 2 is 2.14 bits per heavy atom. The van der Waals surface area contributed by atoms with E-state index in [2.05, 4.69) is 5.32 Å². The molecule has 1 saturated carbocycles. The number of likely N-dealkylation sites (N-methyl/N-ethyl adjacent to an activating group) is 1. The van der Waals surface area contributed by atoms with E-state index in [0.717, 1.165) is 19.3 Å². The zero-order valence-corrected chi connectivity index (χ0v) is 12.6. The largest absolute Gasteiger partial charge is 0.497 e. The molecule has 5 heteroatoms. The minimum absolute atomic E-state index is 0.100. The van der Waals surface area contributed by atoms with Gasteiger partial charge in [0.1, 0.15) is 5.75 Å². The predicted molar refractivity (Wildman–Crippen MR) is 81.2 cm³/mol. The van der Waals surface area contributed by atoms with E-state index in [1.807, 2.05) is 19.1 Å². The zero-order valence-electron chi connectivity index (χ0n) is 12.6. The number of anilines is 1. The molecule has 0 radical (unpaired) electrons. The summed E-state index contributed by atoms with van der Waals surface area (Å²) < 4.78 is 5.11. The number of carbonyl (C=O) groups is 2. The number of nitrogens with one attached hydrogen (secondary N) is 1. The number of ether oxygens (including phenoxy) is 1. The summed E-state index contributed by atoms with van der Waals surface area (Å²) in [7, 11) is 1.58. The van der Waals surface area contributed by atoms with Crippen LogP contribution in [0.15, 0.2) is 24.3 Å². The molecule has 1 N–H and O–H groups in total. The number of methoxy groups -OCH3 is 1. The summed E-state index contributed by atoms with van der Waals surface area (Å²) in [5.41, 5.74) is 0.673. The second-order valence-corrected chi connectivity index (χ2v) is 5.26. The molecule has 2 rings (SSSR count). The lowest BCUT2D eigenvalue weighted by Gasteiger charge is -2.30. The van der Waals surface area contributed by atoms with Crippen LogP contribution >= 0.6 is 0 Å². The summed E-state index contributed by atoms with van der Waals surface area (Å²) in [5.74, 6) is 0.725. The average molecular weight is 290 g/mol. The first kappa shape index (κ1) is 15.4. The molecule has 1 aliphatic carbocycles. The fourth-order valence-corrected chi connectivity index (χ4v) is 2.33. The molecule has 0 aliphatic heterocycles. The Bertz CT molecular complexity index is 512. The van der Waals surface area contributed by atoms with Crippen molar-refractivity contribution in [2.24, 2.45) is 5.92 Å². The number of benzene rings is 1. The monoisotopic (exact) mass is 290 g/mol. The normalized spacial score (nSPS) is 14.2. The highest BCUT2D eigenvalue weighted by molar-refractivity contribution is 5.95. The summed E-state index contributed by atoms with van der Waals surface area (Å²) in [5, 5.41) is 2.80. The number of hydrogen-bond donors (Lipinski definition) is 1. The van der Waals surface area contributed by atoms with E-state index < -0.39 is 0 Å². The number of nitrogens with zero attached hydrogens (tertiary/aromatic N) is 1. The van der Waals surface area contributed by atoms with Crippen LogP contribution < -0.4 is 10.1 Å². The van der Waals surface area contributed by atoms with Gasteiger partial charge in [-0.15, -0.1) is 0 Å². The molecule has 21 heavy (non-hydrogen) atoms. The fraction of sp³-hybridized carbons (Fsp3) is 0.500. The third-order valence-corrected chi connectivity index (χ3v) is 3.84. The van der Waals surface area contributed by atoms with Gasteiger partial charge < -0.3 is 15.0 Å². The van der Waals surface area contributed by atoms with Gasteiger partial charge in [0.05, 0.1) is 13.7 Å². The van der Waals surface area contributed by atoms with Crippen LogP contribution in [-0.4, -0.2) is 36.9 Å². The summed E-state index contributed by atoms with van der Waals surface area (Å²) >= 11 is 0. The van der Waals surface area contributed by atoms with E-state index in [9.17, 15) is 9.59 Å². The Hall–Kier alpha value is -2.04. The van der Waals surface area contributed by atoms with Crippen LogP contribution in [-0.2, 0) is 9.59 Å². The van der Waals surface area contributed by atoms with E-state index in [1.165, 1.54) is 0 Å². The van der Waals surface area contributed by atoms with Crippen LogP contribution in [0, 0.1) is 5.92 Å². The SMILES string of the molecule is CCN(CC(=O)Nc1cccc(OC)c1)C(=O)C1CCC1. The summed E-state index contributed by atoms with van der Waals surface area (Å²) in [6, 6.07) is 7.17. The molecule has 114 valence electrons. The standard InChI is InChI=1S/C16H22N2O3/c1-3-18(16(20)12-6-4-7-12)11-15(19)17-13-8-5-9-14(10-13)21-2/h5,8-10,12H,3-4,6-7,11H2,1-2H3,(H,17,19). The lowest BCUT2D eigenvalue weighted by atomic mass is 9.84. The van der Waals surface area contributed by atoms with Gasteiger partial charge in [-0.2, -0.15) is 0 Å². The van der Waals surface area contributed by atoms with Crippen LogP contribution in [0.25, 0.3) is 0 Å². The topological polar surface area (TPSA) is 58.6 Å². The van der Waals surface area contributed by atoms with Gasteiger partial charge in [0.2, 0.25) is 11.8 Å². The molecule has 0 unspecified atom stereocenters. The number of rotatable bonds is 6. The predicted octanol–water partition coefficient (Wildman–Crippen LogP) is 2.28. The molecule has 5 nitrogen and oxygen atoms in total. The Balaban J connectivity index is 1.91. The Morgan fingerprint density at radius 1 is 1.38 bits per heavy atom. The maximum Gasteiger partial charge on any atom is 0.243 e. The molecule has 0 heterocycles. The van der Waals surface area contributed by atoms with E-state index >= 15 is 0 Å². The van der Waals surface area contributed by atoms with Gasteiger partial charge in [-0.05, 0) is 31.9 Å². The average Bonchev–Trinajstić information content (AvgIpc) is 2.43. The van der Waals surface area contributed by atoms with Crippen molar-refractivity contribution in [2.45, 2.75) is 26.2 Å². The molecule has 1 fully saturated rings. The van der Waals surface area contributed by atoms with E-state index in [4.69, 9.17) is 4.74 Å². The first-order chi connectivity index (χ1) is 10.1. The lowest BCUT2D eigenvalue weighted by Crippen LogP contribution is -2.42. The van der Waals surface area contributed by atoms with Crippen LogP contribution in [0.3, 0.4) is 0 Å². The third kappa shape index (κ3) is 3.97. The summed E-state index contributed by atoms with van der Waals surface area (Å²) in [6.45, 7) is 2.55. The van der Waals surface area contributed by atoms with Crippen molar-refractivity contribution in [3.05, 3.63) is 24.3 Å². The van der Waals surface area contributed by atoms with Crippen molar-refractivity contribution in [3.8, 4) is 5.75 Å². The van der Waals surface area contributed by atoms with Crippen molar-refractivity contribution in [3.63, 3.8) is 0 Å². The number of carbonyl (C=O) groups excluding carboxylic acids is 2. The molecule has 1 aromatic carbocycles. The molecule has 0 spiro atoms.